The highest BCUT2D eigenvalue weighted by atomic mass is 16.5. The average Bonchev–Trinajstić information content (AvgIpc) is 2.72. The Morgan fingerprint density at radius 3 is 3.00 bits per heavy atom. The molecule has 6 nitrogen and oxygen atoms in total. The van der Waals surface area contributed by atoms with Gasteiger partial charge in [-0.3, -0.25) is 4.79 Å². The molecule has 0 N–H and O–H groups in total. The van der Waals surface area contributed by atoms with Crippen LogP contribution in [0.25, 0.3) is 5.82 Å². The smallest absolute Gasteiger partial charge is 0.198 e. The summed E-state index contributed by atoms with van der Waals surface area (Å²) >= 11 is 0. The molecule has 0 aromatic carbocycles. The first-order valence-corrected chi connectivity index (χ1v) is 4.49. The number of carbonyl (C=O) groups is 1. The fourth-order valence-corrected chi connectivity index (χ4v) is 1.17. The van der Waals surface area contributed by atoms with Crippen molar-refractivity contribution in [1.29, 1.82) is 0 Å². The molecule has 2 rings (SSSR count). The molecular weight excluding hydrogens is 196 g/mol. The predicted molar refractivity (Wildman–Crippen MR) is 50.5 cm³/mol. The van der Waals surface area contributed by atoms with Gasteiger partial charge in [-0.05, 0) is 13.8 Å². The van der Waals surface area contributed by atoms with Gasteiger partial charge in [0, 0.05) is 6.07 Å². The Hall–Kier alpha value is -1.98. The molecule has 0 spiro atoms. The molecule has 0 radical (unpaired) electrons. The minimum absolute atomic E-state index is 0.0316. The molecule has 0 amide bonds. The van der Waals surface area contributed by atoms with Crippen molar-refractivity contribution in [3.8, 4) is 5.82 Å². The van der Waals surface area contributed by atoms with E-state index in [-0.39, 0.29) is 12.2 Å². The Morgan fingerprint density at radius 2 is 2.40 bits per heavy atom. The van der Waals surface area contributed by atoms with E-state index in [1.807, 2.05) is 0 Å². The van der Waals surface area contributed by atoms with Crippen molar-refractivity contribution in [2.24, 2.45) is 0 Å². The maximum atomic E-state index is 10.8. The quantitative estimate of drug-likeness (QED) is 0.738. The fourth-order valence-electron chi connectivity index (χ4n) is 1.17. The van der Waals surface area contributed by atoms with Crippen LogP contribution in [0.3, 0.4) is 0 Å². The van der Waals surface area contributed by atoms with Gasteiger partial charge >= 0.3 is 0 Å². The highest BCUT2D eigenvalue weighted by Gasteiger charge is 2.07. The van der Waals surface area contributed by atoms with E-state index in [1.54, 1.807) is 13.0 Å². The first-order valence-electron chi connectivity index (χ1n) is 4.49. The highest BCUT2D eigenvalue weighted by molar-refractivity contribution is 5.77. The third-order valence-electron chi connectivity index (χ3n) is 1.80. The molecular formula is C9H10N4O2. The highest BCUT2D eigenvalue weighted by Crippen LogP contribution is 2.06. The van der Waals surface area contributed by atoms with Crippen LogP contribution in [0.5, 0.6) is 0 Å². The fraction of sp³-hybridized carbons (Fsp3) is 0.333. The first-order chi connectivity index (χ1) is 7.15. The van der Waals surface area contributed by atoms with Gasteiger partial charge in [-0.15, -0.1) is 5.10 Å². The zero-order valence-electron chi connectivity index (χ0n) is 8.47. The summed E-state index contributed by atoms with van der Waals surface area (Å²) < 4.78 is 6.38. The van der Waals surface area contributed by atoms with Crippen LogP contribution in [0.15, 0.2) is 16.9 Å². The standard InChI is InChI=1S/C9H10N4O2/c1-6(14)3-8-10-5-13(11-8)9-4-7(2)15-12-9/h4-5H,3H2,1-2H3. The summed E-state index contributed by atoms with van der Waals surface area (Å²) in [6.07, 6.45) is 1.75. The number of aromatic nitrogens is 4. The van der Waals surface area contributed by atoms with Crippen molar-refractivity contribution in [3.63, 3.8) is 0 Å². The molecule has 78 valence electrons. The van der Waals surface area contributed by atoms with Crippen molar-refractivity contribution in [3.05, 3.63) is 24.0 Å². The number of rotatable bonds is 3. The van der Waals surface area contributed by atoms with E-state index in [0.717, 1.165) is 0 Å². The van der Waals surface area contributed by atoms with Crippen LogP contribution in [-0.4, -0.2) is 25.7 Å². The molecule has 6 heteroatoms. The van der Waals surface area contributed by atoms with Gasteiger partial charge in [-0.25, -0.2) is 4.98 Å². The third kappa shape index (κ3) is 2.09. The van der Waals surface area contributed by atoms with Crippen LogP contribution in [-0.2, 0) is 11.2 Å². The average molecular weight is 206 g/mol. The zero-order chi connectivity index (χ0) is 10.8. The van der Waals surface area contributed by atoms with Crippen molar-refractivity contribution in [1.82, 2.24) is 19.9 Å². The molecule has 0 fully saturated rings. The van der Waals surface area contributed by atoms with E-state index in [0.29, 0.717) is 17.4 Å². The SMILES string of the molecule is CC(=O)Cc1ncn(-c2cc(C)on2)n1. The van der Waals surface area contributed by atoms with Crippen LogP contribution in [0, 0.1) is 6.92 Å². The Morgan fingerprint density at radius 1 is 1.60 bits per heavy atom. The Balaban J connectivity index is 2.23. The second kappa shape index (κ2) is 3.64. The van der Waals surface area contributed by atoms with Gasteiger partial charge in [0.15, 0.2) is 11.6 Å². The van der Waals surface area contributed by atoms with Gasteiger partial charge in [0.2, 0.25) is 0 Å². The molecule has 15 heavy (non-hydrogen) atoms. The normalized spacial score (nSPS) is 10.5. The molecule has 0 aliphatic rings. The molecule has 0 saturated carbocycles. The summed E-state index contributed by atoms with van der Waals surface area (Å²) in [6.45, 7) is 3.30. The Kier molecular flexibility index (Phi) is 2.32. The summed E-state index contributed by atoms with van der Waals surface area (Å²) in [6, 6.07) is 1.74. The molecule has 0 bridgehead atoms. The lowest BCUT2D eigenvalue weighted by atomic mass is 10.3. The number of hydrogen-bond acceptors (Lipinski definition) is 5. The van der Waals surface area contributed by atoms with Crippen LogP contribution in [0.1, 0.15) is 18.5 Å². The molecule has 2 aromatic heterocycles. The summed E-state index contributed by atoms with van der Waals surface area (Å²) in [4.78, 5) is 14.8. The molecule has 0 saturated heterocycles. The number of carbonyl (C=O) groups excluding carboxylic acids is 1. The van der Waals surface area contributed by atoms with Crippen molar-refractivity contribution >= 4 is 5.78 Å². The van der Waals surface area contributed by atoms with E-state index in [2.05, 4.69) is 15.2 Å². The lowest BCUT2D eigenvalue weighted by molar-refractivity contribution is -0.116. The lowest BCUT2D eigenvalue weighted by Gasteiger charge is -1.90. The minimum atomic E-state index is 0.0316. The van der Waals surface area contributed by atoms with Crippen molar-refractivity contribution in [2.75, 3.05) is 0 Å². The second-order valence-corrected chi connectivity index (χ2v) is 3.28. The van der Waals surface area contributed by atoms with Gasteiger partial charge in [-0.2, -0.15) is 4.68 Å². The minimum Gasteiger partial charge on any atom is -0.359 e. The molecule has 0 atom stereocenters. The van der Waals surface area contributed by atoms with Gasteiger partial charge in [-0.1, -0.05) is 5.16 Å². The van der Waals surface area contributed by atoms with Crippen LogP contribution in [0.2, 0.25) is 0 Å². The first kappa shape index (κ1) is 9.57. The van der Waals surface area contributed by atoms with Gasteiger partial charge in [0.1, 0.15) is 17.9 Å². The van der Waals surface area contributed by atoms with E-state index in [4.69, 9.17) is 4.52 Å². The van der Waals surface area contributed by atoms with E-state index < -0.39 is 0 Å². The van der Waals surface area contributed by atoms with E-state index >= 15 is 0 Å². The summed E-state index contributed by atoms with van der Waals surface area (Å²) in [5.74, 6) is 1.79. The zero-order valence-corrected chi connectivity index (χ0v) is 8.47. The predicted octanol–water partition coefficient (Wildman–Crippen LogP) is 0.695. The lowest BCUT2D eigenvalue weighted by Crippen LogP contribution is -2.00. The maximum Gasteiger partial charge on any atom is 0.198 e. The summed E-state index contributed by atoms with van der Waals surface area (Å²) in [5, 5.41) is 7.88. The number of nitrogens with zero attached hydrogens (tertiary/aromatic N) is 4. The Bertz CT molecular complexity index is 486. The van der Waals surface area contributed by atoms with Gasteiger partial charge < -0.3 is 4.52 Å². The van der Waals surface area contributed by atoms with Crippen LogP contribution < -0.4 is 0 Å². The number of aryl methyl sites for hydroxylation is 1. The number of ketones is 1. The van der Waals surface area contributed by atoms with Crippen molar-refractivity contribution < 1.29 is 9.32 Å². The van der Waals surface area contributed by atoms with Crippen LogP contribution >= 0.6 is 0 Å². The van der Waals surface area contributed by atoms with E-state index in [9.17, 15) is 4.79 Å². The molecule has 0 aliphatic heterocycles. The number of Topliss-reactive ketones (excluding diaryl/α,β-unsaturated/α-hetero) is 1. The molecule has 0 aliphatic carbocycles. The third-order valence-corrected chi connectivity index (χ3v) is 1.80. The monoisotopic (exact) mass is 206 g/mol. The topological polar surface area (TPSA) is 73.8 Å². The van der Waals surface area contributed by atoms with Crippen LogP contribution in [0.4, 0.5) is 0 Å². The molecule has 2 aromatic rings. The van der Waals surface area contributed by atoms with Gasteiger partial charge in [0.05, 0.1) is 6.42 Å². The molecule has 0 unspecified atom stereocenters. The summed E-state index contributed by atoms with van der Waals surface area (Å²) in [5.41, 5.74) is 0. The largest absolute Gasteiger partial charge is 0.359 e. The second-order valence-electron chi connectivity index (χ2n) is 3.28. The van der Waals surface area contributed by atoms with Gasteiger partial charge in [0.25, 0.3) is 0 Å². The van der Waals surface area contributed by atoms with Crippen molar-refractivity contribution in [2.45, 2.75) is 20.3 Å². The van der Waals surface area contributed by atoms with E-state index in [1.165, 1.54) is 17.9 Å². The molecule has 2 heterocycles. The summed E-state index contributed by atoms with van der Waals surface area (Å²) in [7, 11) is 0. The Labute approximate surface area is 85.9 Å². The maximum absolute atomic E-state index is 10.8. The number of hydrogen-bond donors (Lipinski definition) is 0.